The number of allylic oxidation sites excluding steroid dienone is 3. The first-order valence-electron chi connectivity index (χ1n) is 17.9. The first-order valence-corrected chi connectivity index (χ1v) is 19.5. The summed E-state index contributed by atoms with van der Waals surface area (Å²) in [6.07, 6.45) is 17.4. The van der Waals surface area contributed by atoms with E-state index in [-0.39, 0.29) is 47.8 Å². The van der Waals surface area contributed by atoms with Gasteiger partial charge in [0, 0.05) is 50.4 Å². The lowest BCUT2D eigenvalue weighted by Crippen LogP contribution is -2.57. The van der Waals surface area contributed by atoms with E-state index in [0.29, 0.717) is 35.7 Å². The van der Waals surface area contributed by atoms with Crippen molar-refractivity contribution in [2.75, 3.05) is 32.4 Å². The number of carbonyl (C=O) groups excluding carboxylic acids is 3. The topological polar surface area (TPSA) is 158 Å². The van der Waals surface area contributed by atoms with Gasteiger partial charge in [-0.2, -0.15) is 11.8 Å². The van der Waals surface area contributed by atoms with Gasteiger partial charge in [-0.3, -0.25) is 14.9 Å². The maximum Gasteiger partial charge on any atom is 0.409 e. The summed E-state index contributed by atoms with van der Waals surface area (Å²) >= 11 is 8.30. The molecular formula is C40H58ClN3O9S. The Morgan fingerprint density at radius 3 is 2.52 bits per heavy atom. The van der Waals surface area contributed by atoms with Gasteiger partial charge in [0.25, 0.3) is 0 Å². The smallest absolute Gasteiger partial charge is 0.409 e. The fraction of sp³-hybridized carbons (Fsp3) is 0.600. The highest BCUT2D eigenvalue weighted by Crippen LogP contribution is 2.47. The van der Waals surface area contributed by atoms with Crippen LogP contribution in [0.3, 0.4) is 0 Å². The number of aliphatic hydroxyl groups is 1. The molecule has 4 rings (SSSR count). The van der Waals surface area contributed by atoms with E-state index in [1.165, 1.54) is 18.9 Å². The zero-order valence-electron chi connectivity index (χ0n) is 33.2. The van der Waals surface area contributed by atoms with Crippen LogP contribution in [0.1, 0.15) is 85.6 Å². The second-order valence-electron chi connectivity index (χ2n) is 14.9. The third-order valence-electron chi connectivity index (χ3n) is 10.3. The molecule has 1 aromatic rings. The molecule has 0 aromatic heterocycles. The Morgan fingerprint density at radius 1 is 1.28 bits per heavy atom. The summed E-state index contributed by atoms with van der Waals surface area (Å²) in [4.78, 5) is 50.7. The fourth-order valence-corrected chi connectivity index (χ4v) is 6.88. The summed E-state index contributed by atoms with van der Waals surface area (Å²) in [5, 5.41) is 22.8. The third-order valence-corrected chi connectivity index (χ3v) is 12.0. The van der Waals surface area contributed by atoms with E-state index in [1.54, 1.807) is 30.8 Å². The molecule has 3 amide bonds. The van der Waals surface area contributed by atoms with Crippen LogP contribution in [0, 0.1) is 18.8 Å². The molecule has 0 spiro atoms. The highest BCUT2D eigenvalue weighted by molar-refractivity contribution is 7.99. The lowest BCUT2D eigenvalue weighted by molar-refractivity contribution is -0.148. The number of rotatable bonds is 7. The number of ether oxygens (including phenoxy) is 3. The van der Waals surface area contributed by atoms with Crippen LogP contribution in [-0.4, -0.2) is 101 Å². The van der Waals surface area contributed by atoms with Gasteiger partial charge in [-0.05, 0) is 64.0 Å². The Kier molecular flexibility index (Phi) is 17.0. The summed E-state index contributed by atoms with van der Waals surface area (Å²) in [7, 11) is 4.80. The predicted molar refractivity (Wildman–Crippen MR) is 214 cm³/mol. The number of hydrogen-bond donors (Lipinski definition) is 3. The monoisotopic (exact) mass is 791 g/mol. The summed E-state index contributed by atoms with van der Waals surface area (Å²) < 4.78 is 17.1. The highest BCUT2D eigenvalue weighted by atomic mass is 35.5. The molecule has 3 heterocycles. The molecule has 3 aliphatic rings. The number of carbonyl (C=O) groups is 4. The second kappa shape index (κ2) is 19.8. The molecule has 300 valence electrons. The summed E-state index contributed by atoms with van der Waals surface area (Å²) in [5.41, 5.74) is 0.692. The third kappa shape index (κ3) is 12.7. The van der Waals surface area contributed by atoms with Crippen LogP contribution in [0.15, 0.2) is 35.9 Å². The minimum Gasteiger partial charge on any atom is -0.495 e. The van der Waals surface area contributed by atoms with E-state index < -0.39 is 35.5 Å². The minimum absolute atomic E-state index is 0.0585. The molecule has 12 nitrogen and oxygen atoms in total. The number of anilines is 1. The molecule has 2 fully saturated rings. The number of nitrogens with zero attached hydrogens (tertiary/aromatic N) is 2. The number of benzene rings is 1. The van der Waals surface area contributed by atoms with Crippen LogP contribution < -0.4 is 15.0 Å². The molecule has 2 saturated heterocycles. The molecule has 14 heteroatoms. The number of methoxy groups -OCH3 is 1. The van der Waals surface area contributed by atoms with Gasteiger partial charge in [0.2, 0.25) is 11.8 Å². The number of likely N-dealkylation sites (N-methyl/N-ethyl adjacent to an activating group) is 1. The predicted octanol–water partition coefficient (Wildman–Crippen LogP) is 6.61. The van der Waals surface area contributed by atoms with Crippen LogP contribution >= 0.6 is 23.4 Å². The van der Waals surface area contributed by atoms with Crippen molar-refractivity contribution in [1.29, 1.82) is 0 Å². The minimum atomic E-state index is -1.40. The molecule has 4 bridgehead atoms. The molecule has 6 atom stereocenters. The summed E-state index contributed by atoms with van der Waals surface area (Å²) in [6.45, 7) is 11.6. The van der Waals surface area contributed by atoms with Gasteiger partial charge in [-0.1, -0.05) is 56.2 Å². The van der Waals surface area contributed by atoms with E-state index >= 15 is 0 Å². The van der Waals surface area contributed by atoms with Crippen LogP contribution in [-0.2, 0) is 30.3 Å². The number of halogens is 1. The highest BCUT2D eigenvalue weighted by Gasteiger charge is 2.58. The number of fused-ring (bicyclic) bond motifs is 5. The molecule has 54 heavy (non-hydrogen) atoms. The first-order chi connectivity index (χ1) is 25.2. The Bertz CT molecular complexity index is 1600. The Balaban J connectivity index is 0.000000473. The maximum atomic E-state index is 13.2. The second-order valence-corrected chi connectivity index (χ2v) is 16.8. The van der Waals surface area contributed by atoms with Crippen molar-refractivity contribution >= 4 is 52.9 Å². The number of alkyl carbamates (subject to hydrolysis) is 1. The lowest BCUT2D eigenvalue weighted by Gasteiger charge is -2.38. The Labute approximate surface area is 330 Å². The van der Waals surface area contributed by atoms with E-state index in [2.05, 4.69) is 32.0 Å². The molecule has 0 saturated carbocycles. The SMILES string of the molecule is C#C.COc1cc2cc(c1Cl)N(C)C(=O)CC[C@]1(C)O[C@H]1[C@H](C)[C@@H]1C[C@](O)(C/C=C/C=C(\C)C2)NC(=O)O1.CSC(C)(C)CCC(=O)N(C)[C@@H](C)C(=O)O. The van der Waals surface area contributed by atoms with Crippen LogP contribution in [0.5, 0.6) is 5.75 Å². The summed E-state index contributed by atoms with van der Waals surface area (Å²) in [5.74, 6) is -0.814. The average Bonchev–Trinajstić information content (AvgIpc) is 3.81. The number of epoxide rings is 1. The number of thioether (sulfide) groups is 1. The van der Waals surface area contributed by atoms with Crippen molar-refractivity contribution in [3.63, 3.8) is 0 Å². The van der Waals surface area contributed by atoms with Crippen molar-refractivity contribution in [3.05, 3.63) is 46.5 Å². The number of terminal acetylenes is 1. The molecule has 0 aliphatic carbocycles. The van der Waals surface area contributed by atoms with Crippen molar-refractivity contribution in [3.8, 4) is 18.6 Å². The van der Waals surface area contributed by atoms with Crippen molar-refractivity contribution in [1.82, 2.24) is 10.2 Å². The number of amides is 3. The largest absolute Gasteiger partial charge is 0.495 e. The van der Waals surface area contributed by atoms with E-state index in [0.717, 1.165) is 17.6 Å². The van der Waals surface area contributed by atoms with Gasteiger partial charge in [-0.15, -0.1) is 12.8 Å². The van der Waals surface area contributed by atoms with Crippen LogP contribution in [0.25, 0.3) is 0 Å². The zero-order chi connectivity index (χ0) is 41.2. The van der Waals surface area contributed by atoms with Gasteiger partial charge in [0.1, 0.15) is 28.6 Å². The summed E-state index contributed by atoms with van der Waals surface area (Å²) in [6, 6.07) is 3.03. The maximum absolute atomic E-state index is 13.2. The van der Waals surface area contributed by atoms with E-state index in [4.69, 9.17) is 30.9 Å². The van der Waals surface area contributed by atoms with Gasteiger partial charge in [0.15, 0.2) is 0 Å². The van der Waals surface area contributed by atoms with Gasteiger partial charge < -0.3 is 34.2 Å². The van der Waals surface area contributed by atoms with Crippen LogP contribution in [0.2, 0.25) is 5.02 Å². The van der Waals surface area contributed by atoms with Crippen molar-refractivity contribution in [2.24, 2.45) is 5.92 Å². The number of aliphatic carboxylic acids is 1. The quantitative estimate of drug-likeness (QED) is 0.203. The standard InChI is InChI=1S/C27H35ClN2O6.C11H21NO3S.C2H2/c1-16-8-6-7-10-27(33)15-21(35-25(32)29-27)17(2)24-26(3,36-24)11-9-22(31)30(4)19-13-18(12-16)14-20(34-5)23(19)28;1-8(10(14)15)12(4)9(13)6-7-11(2,3)16-5;1-2/h6-8,13-14,17,21,24,33H,9-12,15H2,1-5H3,(H,29,32);8H,6-7H2,1-5H3,(H,14,15);1-2H/b7-6+,16-8+;;/t17-,21+,24+,26+,27-;8-;/m10./s1. The lowest BCUT2D eigenvalue weighted by atomic mass is 9.85. The molecule has 0 unspecified atom stereocenters. The Hall–Kier alpha value is -3.70. The van der Waals surface area contributed by atoms with Gasteiger partial charge in [0.05, 0.1) is 24.5 Å². The Morgan fingerprint density at radius 2 is 1.93 bits per heavy atom. The fourth-order valence-electron chi connectivity index (χ4n) is 6.26. The van der Waals surface area contributed by atoms with E-state index in [9.17, 15) is 24.3 Å². The average molecular weight is 792 g/mol. The van der Waals surface area contributed by atoms with Gasteiger partial charge in [-0.25, -0.2) is 9.59 Å². The first kappa shape index (κ1) is 46.5. The number of nitrogens with one attached hydrogen (secondary N) is 1. The molecule has 3 N–H and O–H groups in total. The van der Waals surface area contributed by atoms with Gasteiger partial charge >= 0.3 is 12.1 Å². The molecule has 3 aliphatic heterocycles. The molecule has 0 radical (unpaired) electrons. The normalized spacial score (nSPS) is 27.7. The van der Waals surface area contributed by atoms with Crippen LogP contribution in [0.4, 0.5) is 10.5 Å². The number of hydrogen-bond acceptors (Lipinski definition) is 9. The molecular weight excluding hydrogens is 734 g/mol. The van der Waals surface area contributed by atoms with E-state index in [1.807, 2.05) is 57.4 Å². The zero-order valence-corrected chi connectivity index (χ0v) is 34.8. The van der Waals surface area contributed by atoms with Crippen molar-refractivity contribution in [2.45, 2.75) is 121 Å². The number of carboxylic acid groups (broad SMARTS) is 1. The van der Waals surface area contributed by atoms with Crippen molar-refractivity contribution < 1.29 is 43.6 Å². The molecule has 1 aromatic carbocycles. The number of carboxylic acids is 1.